The van der Waals surface area contributed by atoms with Gasteiger partial charge in [-0.25, -0.2) is 0 Å². The van der Waals surface area contributed by atoms with E-state index in [4.69, 9.17) is 5.73 Å². The average Bonchev–Trinajstić information content (AvgIpc) is 3.04. The fourth-order valence-corrected chi connectivity index (χ4v) is 2.79. The Kier molecular flexibility index (Phi) is 6.14. The summed E-state index contributed by atoms with van der Waals surface area (Å²) in [5.41, 5.74) is 6.35. The molecule has 1 aliphatic rings. The van der Waals surface area contributed by atoms with Crippen LogP contribution in [0.5, 0.6) is 0 Å². The summed E-state index contributed by atoms with van der Waals surface area (Å²) in [5.74, 6) is -0.313. The number of carbonyl (C=O) groups is 3. The predicted molar refractivity (Wildman–Crippen MR) is 86.4 cm³/mol. The van der Waals surface area contributed by atoms with Crippen LogP contribution in [0.1, 0.15) is 48.0 Å². The molecule has 6 nitrogen and oxygen atoms in total. The van der Waals surface area contributed by atoms with Gasteiger partial charge in [-0.3, -0.25) is 14.4 Å². The Hall–Kier alpha value is -2.37. The summed E-state index contributed by atoms with van der Waals surface area (Å²) in [4.78, 5) is 34.2. The number of rotatable bonds is 7. The van der Waals surface area contributed by atoms with Crippen molar-refractivity contribution in [1.29, 1.82) is 0 Å². The first-order valence-corrected chi connectivity index (χ1v) is 7.96. The molecule has 1 saturated carbocycles. The summed E-state index contributed by atoms with van der Waals surface area (Å²) >= 11 is 0. The molecular weight excluding hydrogens is 294 g/mol. The van der Waals surface area contributed by atoms with Gasteiger partial charge in [-0.05, 0) is 36.5 Å². The minimum Gasteiger partial charge on any atom is -0.368 e. The third kappa shape index (κ3) is 5.73. The predicted octanol–water partition coefficient (Wildman–Crippen LogP) is 1.10. The number of benzene rings is 1. The van der Waals surface area contributed by atoms with Crippen LogP contribution < -0.4 is 16.4 Å². The van der Waals surface area contributed by atoms with Crippen LogP contribution in [0.2, 0.25) is 0 Å². The molecule has 4 N–H and O–H groups in total. The first-order valence-electron chi connectivity index (χ1n) is 7.96. The molecule has 1 fully saturated rings. The van der Waals surface area contributed by atoms with Crippen LogP contribution in [0.3, 0.4) is 0 Å². The van der Waals surface area contributed by atoms with E-state index in [0.717, 1.165) is 18.4 Å². The lowest BCUT2D eigenvalue weighted by molar-refractivity contribution is -0.122. The molecule has 3 amide bonds. The van der Waals surface area contributed by atoms with Crippen LogP contribution in [0.15, 0.2) is 24.3 Å². The van der Waals surface area contributed by atoms with Crippen molar-refractivity contribution in [3.8, 4) is 0 Å². The quantitative estimate of drug-likeness (QED) is 0.702. The lowest BCUT2D eigenvalue weighted by Gasteiger charge is -2.10. The molecular formula is C17H23N3O3. The van der Waals surface area contributed by atoms with Gasteiger partial charge in [0.15, 0.2) is 0 Å². The Morgan fingerprint density at radius 2 is 1.70 bits per heavy atom. The second-order valence-electron chi connectivity index (χ2n) is 5.98. The molecule has 0 bridgehead atoms. The van der Waals surface area contributed by atoms with Crippen molar-refractivity contribution < 1.29 is 14.4 Å². The maximum absolute atomic E-state index is 11.9. The highest BCUT2D eigenvalue weighted by Gasteiger charge is 2.18. The molecule has 1 aliphatic carbocycles. The second kappa shape index (κ2) is 8.31. The van der Waals surface area contributed by atoms with Crippen LogP contribution >= 0.6 is 0 Å². The Labute approximate surface area is 135 Å². The topological polar surface area (TPSA) is 101 Å². The van der Waals surface area contributed by atoms with Crippen LogP contribution in [-0.2, 0) is 16.1 Å². The molecule has 2 rings (SSSR count). The minimum absolute atomic E-state index is 0.0835. The van der Waals surface area contributed by atoms with Crippen LogP contribution in [0, 0.1) is 5.92 Å². The first-order chi connectivity index (χ1) is 11.0. The second-order valence-corrected chi connectivity index (χ2v) is 5.98. The molecule has 23 heavy (non-hydrogen) atoms. The fourth-order valence-electron chi connectivity index (χ4n) is 2.79. The summed E-state index contributed by atoms with van der Waals surface area (Å²) in [6, 6.07) is 6.90. The smallest absolute Gasteiger partial charge is 0.251 e. The van der Waals surface area contributed by atoms with Gasteiger partial charge in [0.2, 0.25) is 11.8 Å². The van der Waals surface area contributed by atoms with Crippen LogP contribution in [0.4, 0.5) is 0 Å². The van der Waals surface area contributed by atoms with Gasteiger partial charge in [0.1, 0.15) is 0 Å². The molecule has 0 radical (unpaired) electrons. The average molecular weight is 317 g/mol. The summed E-state index contributed by atoms with van der Waals surface area (Å²) in [5, 5.41) is 5.34. The third-order valence-corrected chi connectivity index (χ3v) is 4.08. The maximum atomic E-state index is 11.9. The molecule has 0 saturated heterocycles. The van der Waals surface area contributed by atoms with E-state index in [2.05, 4.69) is 10.6 Å². The third-order valence-electron chi connectivity index (χ3n) is 4.08. The van der Waals surface area contributed by atoms with E-state index in [1.807, 2.05) is 0 Å². The molecule has 0 aromatic heterocycles. The zero-order valence-electron chi connectivity index (χ0n) is 13.1. The van der Waals surface area contributed by atoms with Crippen molar-refractivity contribution in [1.82, 2.24) is 10.6 Å². The molecule has 0 atom stereocenters. The van der Waals surface area contributed by atoms with E-state index in [0.29, 0.717) is 24.4 Å². The largest absolute Gasteiger partial charge is 0.368 e. The summed E-state index contributed by atoms with van der Waals surface area (Å²) in [6.07, 6.45) is 5.38. The van der Waals surface area contributed by atoms with Crippen molar-refractivity contribution in [2.75, 3.05) is 6.54 Å². The van der Waals surface area contributed by atoms with E-state index in [1.165, 1.54) is 12.8 Å². The van der Waals surface area contributed by atoms with E-state index in [9.17, 15) is 14.4 Å². The number of amides is 3. The Bertz CT molecular complexity index is 563. The fraction of sp³-hybridized carbons (Fsp3) is 0.471. The number of carbonyl (C=O) groups excluding carboxylic acids is 3. The van der Waals surface area contributed by atoms with Gasteiger partial charge >= 0.3 is 0 Å². The van der Waals surface area contributed by atoms with Crippen LogP contribution in [-0.4, -0.2) is 24.3 Å². The maximum Gasteiger partial charge on any atom is 0.251 e. The highest BCUT2D eigenvalue weighted by atomic mass is 16.2. The van der Waals surface area contributed by atoms with E-state index in [1.54, 1.807) is 24.3 Å². The number of hydrogen-bond donors (Lipinski definition) is 3. The molecule has 0 heterocycles. The van der Waals surface area contributed by atoms with Crippen molar-refractivity contribution in [3.63, 3.8) is 0 Å². The van der Waals surface area contributed by atoms with E-state index >= 15 is 0 Å². The molecule has 0 spiro atoms. The van der Waals surface area contributed by atoms with Crippen molar-refractivity contribution in [3.05, 3.63) is 35.4 Å². The van der Waals surface area contributed by atoms with Crippen molar-refractivity contribution in [2.45, 2.75) is 38.6 Å². The van der Waals surface area contributed by atoms with Crippen LogP contribution in [0.25, 0.3) is 0 Å². The van der Waals surface area contributed by atoms with Gasteiger partial charge < -0.3 is 16.4 Å². The Balaban J connectivity index is 1.76. The standard InChI is InChI=1S/C17H23N3O3/c18-15(21)11-20-17(23)14-7-5-13(6-8-14)10-19-16(22)9-12-3-1-2-4-12/h5-8,12H,1-4,9-11H2,(H2,18,21)(H,19,22)(H,20,23). The molecule has 1 aromatic rings. The van der Waals surface area contributed by atoms with Gasteiger partial charge in [0, 0.05) is 18.5 Å². The molecule has 124 valence electrons. The Morgan fingerprint density at radius 3 is 2.30 bits per heavy atom. The highest BCUT2D eigenvalue weighted by Crippen LogP contribution is 2.27. The van der Waals surface area contributed by atoms with Gasteiger partial charge in [-0.15, -0.1) is 0 Å². The molecule has 0 unspecified atom stereocenters. The minimum atomic E-state index is -0.583. The normalized spacial score (nSPS) is 14.4. The number of hydrogen-bond acceptors (Lipinski definition) is 3. The lowest BCUT2D eigenvalue weighted by Crippen LogP contribution is -2.33. The first kappa shape index (κ1) is 17.0. The van der Waals surface area contributed by atoms with Gasteiger partial charge in [-0.1, -0.05) is 25.0 Å². The molecule has 0 aliphatic heterocycles. The van der Waals surface area contributed by atoms with E-state index in [-0.39, 0.29) is 18.4 Å². The van der Waals surface area contributed by atoms with Gasteiger partial charge in [-0.2, -0.15) is 0 Å². The SMILES string of the molecule is NC(=O)CNC(=O)c1ccc(CNC(=O)CC2CCCC2)cc1. The zero-order valence-corrected chi connectivity index (χ0v) is 13.1. The summed E-state index contributed by atoms with van der Waals surface area (Å²) in [7, 11) is 0. The number of primary amides is 1. The van der Waals surface area contributed by atoms with Gasteiger partial charge in [0.05, 0.1) is 6.54 Å². The van der Waals surface area contributed by atoms with Crippen molar-refractivity contribution >= 4 is 17.7 Å². The summed E-state index contributed by atoms with van der Waals surface area (Å²) in [6.45, 7) is 0.270. The van der Waals surface area contributed by atoms with E-state index < -0.39 is 5.91 Å². The number of nitrogens with two attached hydrogens (primary N) is 1. The monoisotopic (exact) mass is 317 g/mol. The van der Waals surface area contributed by atoms with Crippen molar-refractivity contribution in [2.24, 2.45) is 11.7 Å². The summed E-state index contributed by atoms with van der Waals surface area (Å²) < 4.78 is 0. The zero-order chi connectivity index (χ0) is 16.7. The highest BCUT2D eigenvalue weighted by molar-refractivity contribution is 5.96. The Morgan fingerprint density at radius 1 is 1.04 bits per heavy atom. The number of nitrogens with one attached hydrogen (secondary N) is 2. The van der Waals surface area contributed by atoms with Gasteiger partial charge in [0.25, 0.3) is 5.91 Å². The molecule has 1 aromatic carbocycles. The molecule has 6 heteroatoms. The lowest BCUT2D eigenvalue weighted by atomic mass is 10.0.